The Balaban J connectivity index is 1.50. The first-order valence-corrected chi connectivity index (χ1v) is 12.3. The molecule has 3 heterocycles. The van der Waals surface area contributed by atoms with Gasteiger partial charge in [0.2, 0.25) is 0 Å². The monoisotopic (exact) mass is 541 g/mol. The average molecular weight is 542 g/mol. The number of H-pyrrole nitrogens is 1. The number of halogens is 2. The number of aryl methyl sites for hydroxylation is 1. The zero-order valence-electron chi connectivity index (χ0n) is 21.1. The highest BCUT2D eigenvalue weighted by molar-refractivity contribution is 5.91. The van der Waals surface area contributed by atoms with Crippen molar-refractivity contribution in [2.24, 2.45) is 12.0 Å². The van der Waals surface area contributed by atoms with E-state index >= 15 is 0 Å². The number of rotatable bonds is 4. The van der Waals surface area contributed by atoms with Crippen molar-refractivity contribution in [1.82, 2.24) is 9.55 Å². The third kappa shape index (κ3) is 4.17. The van der Waals surface area contributed by atoms with Crippen molar-refractivity contribution in [2.45, 2.75) is 6.42 Å². The van der Waals surface area contributed by atoms with Crippen LogP contribution in [0.3, 0.4) is 0 Å². The molecular weight excluding hydrogens is 520 g/mol. The maximum Gasteiger partial charge on any atom is 0.273 e. The molecule has 0 bridgehead atoms. The largest absolute Gasteiger partial charge is 0.494 e. The van der Waals surface area contributed by atoms with E-state index in [-0.39, 0.29) is 28.3 Å². The number of benzene rings is 2. The van der Waals surface area contributed by atoms with E-state index in [0.29, 0.717) is 23.4 Å². The fraction of sp³-hybridized carbons (Fsp3) is 0.103. The molecule has 4 aromatic rings. The highest BCUT2D eigenvalue weighted by atomic mass is 19.1. The molecule has 40 heavy (non-hydrogen) atoms. The van der Waals surface area contributed by atoms with Crippen LogP contribution in [0.4, 0.5) is 20.2 Å². The fourth-order valence-corrected chi connectivity index (χ4v) is 5.21. The molecule has 0 fully saturated rings. The van der Waals surface area contributed by atoms with Gasteiger partial charge in [-0.2, -0.15) is 0 Å². The second-order valence-corrected chi connectivity index (χ2v) is 9.43. The number of anilines is 1. The van der Waals surface area contributed by atoms with Crippen LogP contribution in [0.25, 0.3) is 29.1 Å². The molecule has 2 aromatic carbocycles. The van der Waals surface area contributed by atoms with Crippen LogP contribution in [0.2, 0.25) is 0 Å². The van der Waals surface area contributed by atoms with E-state index in [1.165, 1.54) is 12.1 Å². The molecule has 0 saturated heterocycles. The number of carbonyl (C=O) groups is 1. The number of aromatic hydroxyl groups is 1. The summed E-state index contributed by atoms with van der Waals surface area (Å²) in [6.45, 7) is 0.461. The molecular formula is C29H21F2N5O4. The summed E-state index contributed by atoms with van der Waals surface area (Å²) in [5.41, 5.74) is 2.67. The van der Waals surface area contributed by atoms with Crippen LogP contribution in [0, 0.1) is 21.7 Å². The van der Waals surface area contributed by atoms with E-state index < -0.39 is 23.1 Å². The lowest BCUT2D eigenvalue weighted by Gasteiger charge is -2.26. The molecule has 2 N–H and O–H groups in total. The SMILES string of the molecule is Cn1ccc(=NC(=O)Cc2cc(F)ccc2[N+](=O)[O-])c2c1-c1c(O)[nH]c3c1=C(C=C2)N(c1ccc(F)cc1)CC=3. The quantitative estimate of drug-likeness (QED) is 0.304. The Morgan fingerprint density at radius 3 is 2.62 bits per heavy atom. The Morgan fingerprint density at radius 2 is 1.88 bits per heavy atom. The van der Waals surface area contributed by atoms with E-state index in [4.69, 9.17) is 0 Å². The van der Waals surface area contributed by atoms with Gasteiger partial charge in [0, 0.05) is 53.2 Å². The molecule has 6 rings (SSSR count). The summed E-state index contributed by atoms with van der Waals surface area (Å²) in [5, 5.41) is 24.1. The van der Waals surface area contributed by atoms with Gasteiger partial charge in [0.15, 0.2) is 5.88 Å². The van der Waals surface area contributed by atoms with E-state index in [0.717, 1.165) is 40.2 Å². The van der Waals surface area contributed by atoms with Gasteiger partial charge in [0.05, 0.1) is 33.7 Å². The van der Waals surface area contributed by atoms with Crippen LogP contribution in [0.1, 0.15) is 11.1 Å². The Kier molecular flexibility index (Phi) is 5.91. The smallest absolute Gasteiger partial charge is 0.273 e. The number of pyridine rings is 1. The molecule has 0 radical (unpaired) electrons. The number of amides is 1. The van der Waals surface area contributed by atoms with Crippen molar-refractivity contribution in [1.29, 1.82) is 0 Å². The summed E-state index contributed by atoms with van der Waals surface area (Å²) < 4.78 is 29.2. The summed E-state index contributed by atoms with van der Waals surface area (Å²) in [6, 6.07) is 10.7. The number of aromatic amines is 1. The molecule has 0 saturated carbocycles. The van der Waals surface area contributed by atoms with Gasteiger partial charge in [0.25, 0.3) is 11.6 Å². The van der Waals surface area contributed by atoms with Crippen molar-refractivity contribution in [2.75, 3.05) is 11.4 Å². The zero-order chi connectivity index (χ0) is 28.1. The minimum absolute atomic E-state index is 0.0703. The lowest BCUT2D eigenvalue weighted by molar-refractivity contribution is -0.385. The van der Waals surface area contributed by atoms with Crippen LogP contribution in [0.15, 0.2) is 65.8 Å². The van der Waals surface area contributed by atoms with Crippen LogP contribution < -0.4 is 20.8 Å². The number of nitrogens with one attached hydrogen (secondary N) is 1. The maximum absolute atomic E-state index is 13.8. The molecule has 0 spiro atoms. The summed E-state index contributed by atoms with van der Waals surface area (Å²) in [7, 11) is 1.79. The van der Waals surface area contributed by atoms with Crippen LogP contribution >= 0.6 is 0 Å². The zero-order valence-corrected chi connectivity index (χ0v) is 21.1. The van der Waals surface area contributed by atoms with Gasteiger partial charge in [-0.25, -0.2) is 13.8 Å². The number of hydrogen-bond acceptors (Lipinski definition) is 5. The van der Waals surface area contributed by atoms with E-state index in [9.17, 15) is 28.8 Å². The summed E-state index contributed by atoms with van der Waals surface area (Å²) in [4.78, 5) is 32.9. The number of fused-ring (bicyclic) bond motifs is 2. The van der Waals surface area contributed by atoms with Crippen molar-refractivity contribution in [3.63, 3.8) is 0 Å². The first-order valence-electron chi connectivity index (χ1n) is 12.3. The standard InChI is InChI=1S/C29H21F2N5O4/c1-34-12-10-21(32-25(37)15-16-14-18(31)4-8-23(16)36(39)40)20-7-9-24-26-22(33-29(38)27(26)28(20)34)11-13-35(24)19-5-2-17(30)3-6-19/h2-12,14,33,38H,13,15H2,1H3. The average Bonchev–Trinajstić information content (AvgIpc) is 3.12. The van der Waals surface area contributed by atoms with Gasteiger partial charge in [-0.1, -0.05) is 0 Å². The molecule has 0 atom stereocenters. The summed E-state index contributed by atoms with van der Waals surface area (Å²) in [5.74, 6) is -1.82. The lowest BCUT2D eigenvalue weighted by Crippen LogP contribution is -2.39. The number of nitro benzene ring substituents is 1. The van der Waals surface area contributed by atoms with Crippen molar-refractivity contribution < 1.29 is 23.6 Å². The Hall–Kier alpha value is -5.32. The molecule has 0 unspecified atom stereocenters. The number of carbonyl (C=O) groups excluding carboxylic acids is 1. The van der Waals surface area contributed by atoms with Gasteiger partial charge in [-0.05, 0) is 60.7 Å². The topological polar surface area (TPSA) is 117 Å². The maximum atomic E-state index is 13.8. The minimum Gasteiger partial charge on any atom is -0.494 e. The van der Waals surface area contributed by atoms with Gasteiger partial charge in [-0.3, -0.25) is 14.9 Å². The predicted octanol–water partition coefficient (Wildman–Crippen LogP) is 3.02. The Labute approximate surface area is 225 Å². The van der Waals surface area contributed by atoms with Crippen LogP contribution in [-0.2, 0) is 18.3 Å². The highest BCUT2D eigenvalue weighted by Gasteiger charge is 2.26. The fourth-order valence-electron chi connectivity index (χ4n) is 5.21. The molecule has 11 heteroatoms. The number of hydrogen-bond donors (Lipinski definition) is 2. The third-order valence-corrected chi connectivity index (χ3v) is 6.98. The van der Waals surface area contributed by atoms with Gasteiger partial charge in [0.1, 0.15) is 11.6 Å². The van der Waals surface area contributed by atoms with Crippen molar-refractivity contribution >= 4 is 35.1 Å². The van der Waals surface area contributed by atoms with Crippen LogP contribution in [0.5, 0.6) is 5.88 Å². The summed E-state index contributed by atoms with van der Waals surface area (Å²) in [6.07, 6.45) is 6.78. The molecule has 1 aliphatic heterocycles. The second-order valence-electron chi connectivity index (χ2n) is 9.43. The number of aromatic nitrogens is 2. The number of nitrogens with zero attached hydrogens (tertiary/aromatic N) is 4. The van der Waals surface area contributed by atoms with E-state index in [1.807, 2.05) is 17.1 Å². The number of nitro groups is 1. The Bertz CT molecular complexity index is 1960. The highest BCUT2D eigenvalue weighted by Crippen LogP contribution is 2.31. The lowest BCUT2D eigenvalue weighted by atomic mass is 10.1. The van der Waals surface area contributed by atoms with E-state index in [2.05, 4.69) is 9.98 Å². The molecule has 1 aliphatic carbocycles. The molecule has 200 valence electrons. The third-order valence-electron chi connectivity index (χ3n) is 6.98. The normalized spacial score (nSPS) is 13.9. The minimum atomic E-state index is -0.698. The van der Waals surface area contributed by atoms with Crippen LogP contribution in [-0.4, -0.2) is 32.0 Å². The van der Waals surface area contributed by atoms with Gasteiger partial charge < -0.3 is 19.6 Å². The first-order chi connectivity index (χ1) is 19.2. The van der Waals surface area contributed by atoms with E-state index in [1.54, 1.807) is 42.1 Å². The molecule has 2 aromatic heterocycles. The first kappa shape index (κ1) is 25.0. The predicted molar refractivity (Wildman–Crippen MR) is 144 cm³/mol. The van der Waals surface area contributed by atoms with Gasteiger partial charge >= 0.3 is 0 Å². The van der Waals surface area contributed by atoms with Crippen molar-refractivity contribution in [3.8, 4) is 17.1 Å². The molecule has 2 aliphatic rings. The second kappa shape index (κ2) is 9.45. The Morgan fingerprint density at radius 1 is 1.12 bits per heavy atom. The van der Waals surface area contributed by atoms with Gasteiger partial charge in [-0.15, -0.1) is 0 Å². The molecule has 9 nitrogen and oxygen atoms in total. The van der Waals surface area contributed by atoms with Crippen molar-refractivity contribution in [3.05, 3.63) is 110 Å². The molecule has 1 amide bonds. The summed E-state index contributed by atoms with van der Waals surface area (Å²) >= 11 is 0.